The van der Waals surface area contributed by atoms with Crippen LogP contribution in [-0.2, 0) is 15.1 Å². The van der Waals surface area contributed by atoms with E-state index in [2.05, 4.69) is 5.32 Å². The normalized spacial score (nSPS) is 18.5. The Morgan fingerprint density at radius 2 is 1.76 bits per heavy atom. The van der Waals surface area contributed by atoms with Crippen LogP contribution < -0.4 is 10.1 Å². The van der Waals surface area contributed by atoms with Gasteiger partial charge in [-0.05, 0) is 31.5 Å². The molecule has 0 aromatic heterocycles. The highest BCUT2D eigenvalue weighted by molar-refractivity contribution is 6.09. The van der Waals surface area contributed by atoms with E-state index >= 15 is 0 Å². The summed E-state index contributed by atoms with van der Waals surface area (Å²) in [4.78, 5) is 40.3. The Bertz CT molecular complexity index is 898. The lowest BCUT2D eigenvalue weighted by Crippen LogP contribution is -2.44. The number of carbonyl (C=O) groups is 3. The lowest BCUT2D eigenvalue weighted by molar-refractivity contribution is -0.138. The number of ether oxygens (including phenoxy) is 1. The predicted octanol–water partition coefficient (Wildman–Crippen LogP) is 2.30. The number of nitrogens with one attached hydrogen (secondary N) is 1. The third kappa shape index (κ3) is 4.39. The van der Waals surface area contributed by atoms with Crippen molar-refractivity contribution in [1.82, 2.24) is 15.1 Å². The minimum absolute atomic E-state index is 0.312. The average Bonchev–Trinajstić information content (AvgIpc) is 2.93. The Morgan fingerprint density at radius 3 is 2.41 bits per heavy atom. The van der Waals surface area contributed by atoms with Gasteiger partial charge in [0.25, 0.3) is 5.91 Å². The molecule has 1 atom stereocenters. The van der Waals surface area contributed by atoms with E-state index in [1.54, 1.807) is 14.0 Å². The van der Waals surface area contributed by atoms with Crippen molar-refractivity contribution in [3.8, 4) is 5.75 Å². The van der Waals surface area contributed by atoms with Gasteiger partial charge < -0.3 is 15.0 Å². The van der Waals surface area contributed by atoms with Gasteiger partial charge in [0, 0.05) is 7.05 Å². The second kappa shape index (κ2) is 8.34. The number of rotatable bonds is 7. The van der Waals surface area contributed by atoms with Crippen molar-refractivity contribution < 1.29 is 19.1 Å². The fraction of sp³-hybridized carbons (Fsp3) is 0.318. The zero-order valence-electron chi connectivity index (χ0n) is 16.8. The van der Waals surface area contributed by atoms with Gasteiger partial charge in [-0.2, -0.15) is 0 Å². The number of urea groups is 1. The second-order valence-corrected chi connectivity index (χ2v) is 7.29. The van der Waals surface area contributed by atoms with E-state index in [4.69, 9.17) is 4.74 Å². The summed E-state index contributed by atoms with van der Waals surface area (Å²) in [5.41, 5.74) is 0.557. The second-order valence-electron chi connectivity index (χ2n) is 7.29. The van der Waals surface area contributed by atoms with Crippen LogP contribution in [0.2, 0.25) is 0 Å². The first-order chi connectivity index (χ1) is 13.8. The van der Waals surface area contributed by atoms with Gasteiger partial charge in [0.15, 0.2) is 0 Å². The predicted molar refractivity (Wildman–Crippen MR) is 108 cm³/mol. The van der Waals surface area contributed by atoms with Gasteiger partial charge in [0.2, 0.25) is 5.91 Å². The summed E-state index contributed by atoms with van der Waals surface area (Å²) < 4.78 is 5.59. The number of imide groups is 1. The maximum Gasteiger partial charge on any atom is 0.325 e. The molecule has 1 aliphatic heterocycles. The Hall–Kier alpha value is -3.35. The van der Waals surface area contributed by atoms with Gasteiger partial charge in [-0.1, -0.05) is 48.0 Å². The van der Waals surface area contributed by atoms with Crippen LogP contribution in [0.1, 0.15) is 18.1 Å². The number of nitrogens with zero attached hydrogens (tertiary/aromatic N) is 2. The summed E-state index contributed by atoms with van der Waals surface area (Å²) in [5.74, 6) is -0.0525. The molecule has 0 saturated carbocycles. The third-order valence-corrected chi connectivity index (χ3v) is 5.06. The van der Waals surface area contributed by atoms with E-state index in [-0.39, 0.29) is 12.5 Å². The van der Waals surface area contributed by atoms with Crippen molar-refractivity contribution in [3.63, 3.8) is 0 Å². The molecule has 1 fully saturated rings. The number of para-hydroxylation sites is 1. The van der Waals surface area contributed by atoms with Crippen LogP contribution >= 0.6 is 0 Å². The largest absolute Gasteiger partial charge is 0.492 e. The molecule has 4 amide bonds. The first-order valence-corrected chi connectivity index (χ1v) is 9.44. The zero-order chi connectivity index (χ0) is 21.0. The fourth-order valence-electron chi connectivity index (χ4n) is 3.12. The molecular weight excluding hydrogens is 370 g/mol. The standard InChI is InChI=1S/C22H25N3O4/c1-16-9-11-17(12-10-16)22(2)20(27)25(21(28)23-22)15-19(26)24(3)13-14-29-18-7-5-4-6-8-18/h4-12H,13-15H2,1-3H3,(H,23,28). The molecule has 7 heteroatoms. The Balaban J connectivity index is 1.58. The Morgan fingerprint density at radius 1 is 1.10 bits per heavy atom. The molecule has 1 saturated heterocycles. The summed E-state index contributed by atoms with van der Waals surface area (Å²) in [7, 11) is 1.62. The fourth-order valence-corrected chi connectivity index (χ4v) is 3.12. The summed E-state index contributed by atoms with van der Waals surface area (Å²) in [6.07, 6.45) is 0. The van der Waals surface area contributed by atoms with Gasteiger partial charge in [-0.15, -0.1) is 0 Å². The van der Waals surface area contributed by atoms with E-state index in [0.29, 0.717) is 18.7 Å². The van der Waals surface area contributed by atoms with Crippen LogP contribution in [0.4, 0.5) is 4.79 Å². The van der Waals surface area contributed by atoms with E-state index in [9.17, 15) is 14.4 Å². The summed E-state index contributed by atoms with van der Waals surface area (Å²) in [6, 6.07) is 16.1. The number of benzene rings is 2. The molecule has 1 heterocycles. The topological polar surface area (TPSA) is 79.0 Å². The van der Waals surface area contributed by atoms with Crippen molar-refractivity contribution in [3.05, 3.63) is 65.7 Å². The molecule has 1 N–H and O–H groups in total. The summed E-state index contributed by atoms with van der Waals surface area (Å²) >= 11 is 0. The molecule has 0 radical (unpaired) electrons. The van der Waals surface area contributed by atoms with E-state index in [0.717, 1.165) is 16.2 Å². The molecule has 1 aliphatic rings. The zero-order valence-corrected chi connectivity index (χ0v) is 16.8. The molecule has 0 bridgehead atoms. The highest BCUT2D eigenvalue weighted by atomic mass is 16.5. The number of amides is 4. The first kappa shape index (κ1) is 20.4. The van der Waals surface area contributed by atoms with Crippen molar-refractivity contribution >= 4 is 17.8 Å². The molecule has 152 valence electrons. The average molecular weight is 395 g/mol. The molecule has 1 unspecified atom stereocenters. The number of likely N-dealkylation sites (N-methyl/N-ethyl adjacent to an activating group) is 1. The van der Waals surface area contributed by atoms with Gasteiger partial charge >= 0.3 is 6.03 Å². The van der Waals surface area contributed by atoms with E-state index < -0.39 is 17.5 Å². The lowest BCUT2D eigenvalue weighted by Gasteiger charge is -2.23. The van der Waals surface area contributed by atoms with Gasteiger partial charge in [0.05, 0.1) is 6.54 Å². The molecule has 3 rings (SSSR count). The van der Waals surface area contributed by atoms with Crippen LogP contribution in [0.3, 0.4) is 0 Å². The highest BCUT2D eigenvalue weighted by Crippen LogP contribution is 2.28. The lowest BCUT2D eigenvalue weighted by atomic mass is 9.91. The molecular formula is C22H25N3O4. The molecule has 2 aromatic rings. The van der Waals surface area contributed by atoms with Crippen LogP contribution in [0.15, 0.2) is 54.6 Å². The highest BCUT2D eigenvalue weighted by Gasteiger charge is 2.49. The van der Waals surface area contributed by atoms with Gasteiger partial charge in [0.1, 0.15) is 24.4 Å². The van der Waals surface area contributed by atoms with Crippen molar-refractivity contribution in [1.29, 1.82) is 0 Å². The Labute approximate surface area is 170 Å². The molecule has 7 nitrogen and oxygen atoms in total. The molecule has 2 aromatic carbocycles. The van der Waals surface area contributed by atoms with Crippen molar-refractivity contribution in [2.75, 3.05) is 26.7 Å². The maximum absolute atomic E-state index is 12.9. The molecule has 0 aliphatic carbocycles. The van der Waals surface area contributed by atoms with Gasteiger partial charge in [-0.25, -0.2) is 4.79 Å². The molecule has 29 heavy (non-hydrogen) atoms. The number of carbonyl (C=O) groups excluding carboxylic acids is 3. The van der Waals surface area contributed by atoms with E-state index in [1.807, 2.05) is 61.5 Å². The summed E-state index contributed by atoms with van der Waals surface area (Å²) in [6.45, 7) is 3.94. The van der Waals surface area contributed by atoms with Gasteiger partial charge in [-0.3, -0.25) is 14.5 Å². The minimum Gasteiger partial charge on any atom is -0.492 e. The minimum atomic E-state index is -1.18. The van der Waals surface area contributed by atoms with Crippen LogP contribution in [0.25, 0.3) is 0 Å². The maximum atomic E-state index is 12.9. The van der Waals surface area contributed by atoms with Crippen LogP contribution in [0, 0.1) is 6.92 Å². The SMILES string of the molecule is Cc1ccc(C2(C)NC(=O)N(CC(=O)N(C)CCOc3ccccc3)C2=O)cc1. The Kier molecular flexibility index (Phi) is 5.87. The number of hydrogen-bond donors (Lipinski definition) is 1. The number of hydrogen-bond acceptors (Lipinski definition) is 4. The smallest absolute Gasteiger partial charge is 0.325 e. The van der Waals surface area contributed by atoms with E-state index in [1.165, 1.54) is 4.90 Å². The van der Waals surface area contributed by atoms with Crippen molar-refractivity contribution in [2.24, 2.45) is 0 Å². The third-order valence-electron chi connectivity index (χ3n) is 5.06. The first-order valence-electron chi connectivity index (χ1n) is 9.44. The number of aryl methyl sites for hydroxylation is 1. The quantitative estimate of drug-likeness (QED) is 0.730. The van der Waals surface area contributed by atoms with Crippen molar-refractivity contribution in [2.45, 2.75) is 19.4 Å². The van der Waals surface area contributed by atoms with Crippen LogP contribution in [-0.4, -0.2) is 54.4 Å². The molecule has 0 spiro atoms. The van der Waals surface area contributed by atoms with Crippen LogP contribution in [0.5, 0.6) is 5.75 Å². The monoisotopic (exact) mass is 395 g/mol. The summed E-state index contributed by atoms with van der Waals surface area (Å²) in [5, 5.41) is 2.72.